The second kappa shape index (κ2) is 10.4. The number of ketones is 1. The lowest BCUT2D eigenvalue weighted by Gasteiger charge is -2.29. The lowest BCUT2D eigenvalue weighted by Crippen LogP contribution is -3.14. The highest BCUT2D eigenvalue weighted by atomic mass is 32.1. The first-order chi connectivity index (χ1) is 16.0. The first kappa shape index (κ1) is 23.3. The quantitative estimate of drug-likeness (QED) is 0.530. The minimum absolute atomic E-state index is 0.0438. The molecule has 0 aliphatic carbocycles. The first-order valence-electron chi connectivity index (χ1n) is 11.2. The maximum Gasteiger partial charge on any atom is 0.290 e. The van der Waals surface area contributed by atoms with Gasteiger partial charge in [0.1, 0.15) is 18.8 Å². The molecule has 8 nitrogen and oxygen atoms in total. The van der Waals surface area contributed by atoms with E-state index in [0.29, 0.717) is 30.0 Å². The SMILES string of the molecule is CCOc1cc(C2C(C(=O)c3cccs3)=C(O)C(=O)N2CCC[NH+]2CCOCC2)ccc1[O-]. The number of nitrogens with zero attached hydrogens (tertiary/aromatic N) is 1. The highest BCUT2D eigenvalue weighted by Crippen LogP contribution is 2.41. The minimum atomic E-state index is -0.786. The molecule has 1 unspecified atom stereocenters. The van der Waals surface area contributed by atoms with Crippen LogP contribution in [0, 0.1) is 0 Å². The number of Topliss-reactive ketones (excluding diaryl/α,β-unsaturated/α-hetero) is 1. The fraction of sp³-hybridized carbons (Fsp3) is 0.417. The van der Waals surface area contributed by atoms with E-state index in [4.69, 9.17) is 9.47 Å². The number of thiophene rings is 1. The van der Waals surface area contributed by atoms with Crippen molar-refractivity contribution in [3.8, 4) is 11.5 Å². The van der Waals surface area contributed by atoms with Crippen molar-refractivity contribution < 1.29 is 34.2 Å². The molecule has 1 aromatic carbocycles. The van der Waals surface area contributed by atoms with Gasteiger partial charge in [0.15, 0.2) is 5.76 Å². The van der Waals surface area contributed by atoms with E-state index in [2.05, 4.69) is 0 Å². The van der Waals surface area contributed by atoms with Gasteiger partial charge in [-0.3, -0.25) is 9.59 Å². The van der Waals surface area contributed by atoms with Gasteiger partial charge in [0.2, 0.25) is 5.78 Å². The Labute approximate surface area is 196 Å². The molecule has 9 heteroatoms. The number of hydrogen-bond acceptors (Lipinski definition) is 7. The molecule has 1 amide bonds. The largest absolute Gasteiger partial charge is 0.870 e. The van der Waals surface area contributed by atoms with Crippen LogP contribution in [-0.4, -0.2) is 67.7 Å². The Kier molecular flexibility index (Phi) is 7.32. The molecule has 1 fully saturated rings. The van der Waals surface area contributed by atoms with Crippen molar-refractivity contribution in [1.29, 1.82) is 0 Å². The fourth-order valence-electron chi connectivity index (χ4n) is 4.38. The Balaban J connectivity index is 1.64. The smallest absolute Gasteiger partial charge is 0.290 e. The van der Waals surface area contributed by atoms with E-state index in [0.717, 1.165) is 32.8 Å². The van der Waals surface area contributed by atoms with Crippen LogP contribution >= 0.6 is 11.3 Å². The lowest BCUT2D eigenvalue weighted by molar-refractivity contribution is -0.908. The Morgan fingerprint density at radius 1 is 1.33 bits per heavy atom. The standard InChI is InChI=1S/C24H28N2O6S/c1-2-32-18-15-16(6-7-17(18)27)21-20(22(28)19-5-3-14-33-19)23(29)24(30)26(21)9-4-8-25-10-12-31-13-11-25/h3,5-7,14-15,21,27,29H,2,4,8-13H2,1H3. The number of carbonyl (C=O) groups is 2. The van der Waals surface area contributed by atoms with Crippen LogP contribution < -0.4 is 14.7 Å². The molecule has 1 saturated heterocycles. The number of morpholine rings is 1. The van der Waals surface area contributed by atoms with Gasteiger partial charge in [0.05, 0.1) is 42.9 Å². The third-order valence-electron chi connectivity index (χ3n) is 6.01. The number of aliphatic hydroxyl groups excluding tert-OH is 1. The summed E-state index contributed by atoms with van der Waals surface area (Å²) in [6.45, 7) is 6.63. The zero-order chi connectivity index (χ0) is 23.4. The molecular weight excluding hydrogens is 444 g/mol. The van der Waals surface area contributed by atoms with Crippen molar-refractivity contribution in [2.75, 3.05) is 46.0 Å². The molecule has 4 rings (SSSR count). The van der Waals surface area contributed by atoms with Crippen molar-refractivity contribution in [2.45, 2.75) is 19.4 Å². The highest BCUT2D eigenvalue weighted by Gasteiger charge is 2.44. The summed E-state index contributed by atoms with van der Waals surface area (Å²) in [7, 11) is 0. The number of amides is 1. The number of nitrogens with one attached hydrogen (secondary N) is 1. The fourth-order valence-corrected chi connectivity index (χ4v) is 5.05. The second-order valence-electron chi connectivity index (χ2n) is 8.07. The highest BCUT2D eigenvalue weighted by molar-refractivity contribution is 7.12. The predicted molar refractivity (Wildman–Crippen MR) is 121 cm³/mol. The van der Waals surface area contributed by atoms with Gasteiger partial charge in [0, 0.05) is 13.0 Å². The number of hydrogen-bond donors (Lipinski definition) is 2. The van der Waals surface area contributed by atoms with E-state index in [1.54, 1.807) is 36.6 Å². The van der Waals surface area contributed by atoms with Crippen molar-refractivity contribution in [1.82, 2.24) is 4.90 Å². The van der Waals surface area contributed by atoms with Gasteiger partial charge >= 0.3 is 0 Å². The Morgan fingerprint density at radius 2 is 2.12 bits per heavy atom. The van der Waals surface area contributed by atoms with Crippen LogP contribution in [0.3, 0.4) is 0 Å². The van der Waals surface area contributed by atoms with Crippen molar-refractivity contribution >= 4 is 23.0 Å². The Bertz CT molecular complexity index is 1030. The minimum Gasteiger partial charge on any atom is -0.870 e. The zero-order valence-corrected chi connectivity index (χ0v) is 19.4. The molecule has 0 spiro atoms. The summed E-state index contributed by atoms with van der Waals surface area (Å²) >= 11 is 1.26. The summed E-state index contributed by atoms with van der Waals surface area (Å²) in [6, 6.07) is 7.19. The first-order valence-corrected chi connectivity index (χ1v) is 12.1. The van der Waals surface area contributed by atoms with Gasteiger partial charge in [-0.1, -0.05) is 23.9 Å². The monoisotopic (exact) mass is 472 g/mol. The van der Waals surface area contributed by atoms with E-state index in [1.165, 1.54) is 27.2 Å². The summed E-state index contributed by atoms with van der Waals surface area (Å²) in [6.07, 6.45) is 0.712. The average molecular weight is 473 g/mol. The molecule has 1 aromatic heterocycles. The van der Waals surface area contributed by atoms with Crippen molar-refractivity contribution in [2.24, 2.45) is 0 Å². The molecule has 1 atom stereocenters. The molecule has 33 heavy (non-hydrogen) atoms. The predicted octanol–water partition coefficient (Wildman–Crippen LogP) is 1.10. The Hall–Kier alpha value is -2.88. The van der Waals surface area contributed by atoms with Gasteiger partial charge < -0.3 is 29.5 Å². The molecule has 2 aliphatic heterocycles. The van der Waals surface area contributed by atoms with E-state index in [-0.39, 0.29) is 22.9 Å². The molecule has 2 aliphatic rings. The van der Waals surface area contributed by atoms with Gasteiger partial charge in [-0.2, -0.15) is 0 Å². The third-order valence-corrected chi connectivity index (χ3v) is 6.87. The number of quaternary nitrogens is 1. The van der Waals surface area contributed by atoms with Gasteiger partial charge in [-0.15, -0.1) is 11.3 Å². The number of ether oxygens (including phenoxy) is 2. The van der Waals surface area contributed by atoms with E-state index in [1.807, 2.05) is 0 Å². The number of carbonyl (C=O) groups excluding carboxylic acids is 2. The van der Waals surface area contributed by atoms with Crippen LogP contribution in [0.25, 0.3) is 0 Å². The van der Waals surface area contributed by atoms with Crippen LogP contribution in [0.2, 0.25) is 0 Å². The molecule has 2 N–H and O–H groups in total. The van der Waals surface area contributed by atoms with E-state index in [9.17, 15) is 19.8 Å². The Morgan fingerprint density at radius 3 is 2.82 bits per heavy atom. The third kappa shape index (κ3) is 4.90. The summed E-state index contributed by atoms with van der Waals surface area (Å²) in [5.74, 6) is -1.59. The molecule has 0 saturated carbocycles. The topological polar surface area (TPSA) is 104 Å². The molecule has 2 aromatic rings. The van der Waals surface area contributed by atoms with Gasteiger partial charge in [-0.25, -0.2) is 0 Å². The number of rotatable bonds is 9. The summed E-state index contributed by atoms with van der Waals surface area (Å²) in [5, 5.41) is 24.7. The van der Waals surface area contributed by atoms with Gasteiger partial charge in [-0.05, 0) is 30.0 Å². The average Bonchev–Trinajstić information content (AvgIpc) is 3.44. The van der Waals surface area contributed by atoms with Gasteiger partial charge in [0.25, 0.3) is 5.91 Å². The summed E-state index contributed by atoms with van der Waals surface area (Å²) in [5.41, 5.74) is 0.608. The number of aliphatic hydroxyl groups is 1. The lowest BCUT2D eigenvalue weighted by atomic mass is 9.95. The normalized spacial score (nSPS) is 19.4. The van der Waals surface area contributed by atoms with E-state index < -0.39 is 17.7 Å². The number of benzene rings is 1. The molecule has 3 heterocycles. The van der Waals surface area contributed by atoms with Crippen LogP contribution in [-0.2, 0) is 9.53 Å². The van der Waals surface area contributed by atoms with Crippen LogP contribution in [0.5, 0.6) is 11.5 Å². The summed E-state index contributed by atoms with van der Waals surface area (Å²) in [4.78, 5) is 29.8. The van der Waals surface area contributed by atoms with Crippen LogP contribution in [0.4, 0.5) is 0 Å². The van der Waals surface area contributed by atoms with Crippen molar-refractivity contribution in [3.63, 3.8) is 0 Å². The second-order valence-corrected chi connectivity index (χ2v) is 9.02. The van der Waals surface area contributed by atoms with E-state index >= 15 is 0 Å². The maximum absolute atomic E-state index is 13.3. The summed E-state index contributed by atoms with van der Waals surface area (Å²) < 4.78 is 10.9. The van der Waals surface area contributed by atoms with Crippen LogP contribution in [0.1, 0.15) is 34.6 Å². The van der Waals surface area contributed by atoms with Crippen LogP contribution in [0.15, 0.2) is 47.0 Å². The molecular formula is C24H28N2O6S. The zero-order valence-electron chi connectivity index (χ0n) is 18.5. The van der Waals surface area contributed by atoms with Crippen molar-refractivity contribution in [3.05, 3.63) is 57.5 Å². The molecule has 176 valence electrons. The molecule has 0 radical (unpaired) electrons. The maximum atomic E-state index is 13.3. The molecule has 0 bridgehead atoms.